The number of hydrogen-bond acceptors (Lipinski definition) is 4. The molecule has 0 radical (unpaired) electrons. The molecule has 0 heterocycles. The minimum Gasteiger partial charge on any atom is -0.464 e. The summed E-state index contributed by atoms with van der Waals surface area (Å²) in [6, 6.07) is 5.24. The van der Waals surface area contributed by atoms with Gasteiger partial charge in [-0.3, -0.25) is 0 Å². The molecule has 0 aliphatic rings. The second-order valence-electron chi connectivity index (χ2n) is 4.92. The highest BCUT2D eigenvalue weighted by atomic mass is 19.4. The van der Waals surface area contributed by atoms with Gasteiger partial charge < -0.3 is 15.8 Å². The summed E-state index contributed by atoms with van der Waals surface area (Å²) in [7, 11) is 0. The Labute approximate surface area is 121 Å². The summed E-state index contributed by atoms with van der Waals surface area (Å²) >= 11 is 0. The van der Waals surface area contributed by atoms with E-state index in [0.717, 1.165) is 11.1 Å². The third-order valence-corrected chi connectivity index (χ3v) is 2.94. The fourth-order valence-corrected chi connectivity index (χ4v) is 1.87. The van der Waals surface area contributed by atoms with E-state index in [1.165, 1.54) is 6.92 Å². The second kappa shape index (κ2) is 6.34. The lowest BCUT2D eigenvalue weighted by Gasteiger charge is -2.29. The number of alkyl halides is 3. The molecule has 0 amide bonds. The van der Waals surface area contributed by atoms with Crippen molar-refractivity contribution < 1.29 is 22.7 Å². The Balaban J connectivity index is 2.95. The van der Waals surface area contributed by atoms with E-state index in [1.807, 2.05) is 19.9 Å². The number of halogens is 3. The zero-order valence-corrected chi connectivity index (χ0v) is 12.2. The average molecular weight is 304 g/mol. The zero-order valence-electron chi connectivity index (χ0n) is 12.2. The van der Waals surface area contributed by atoms with Gasteiger partial charge in [-0.15, -0.1) is 0 Å². The summed E-state index contributed by atoms with van der Waals surface area (Å²) in [6.45, 7) is 4.10. The van der Waals surface area contributed by atoms with Gasteiger partial charge in [0.25, 0.3) is 0 Å². The Morgan fingerprint density at radius 2 is 1.76 bits per heavy atom. The van der Waals surface area contributed by atoms with Crippen molar-refractivity contribution in [2.75, 3.05) is 18.5 Å². The summed E-state index contributed by atoms with van der Waals surface area (Å²) in [5.74, 6) is -1.49. The number of hydrogen-bond donors (Lipinski definition) is 2. The molecule has 21 heavy (non-hydrogen) atoms. The van der Waals surface area contributed by atoms with Gasteiger partial charge in [-0.2, -0.15) is 13.2 Å². The number of benzene rings is 1. The standard InChI is InChI=1S/C14H19F3N2O2/c1-4-21-12(20)13(18,14(15,16)17)8-19-11-6-9(2)5-10(3)7-11/h5-7,19H,4,8,18H2,1-3H3/t13-/m0/s1. The first kappa shape index (κ1) is 17.3. The van der Waals surface area contributed by atoms with E-state index in [2.05, 4.69) is 10.1 Å². The number of anilines is 1. The first-order valence-electron chi connectivity index (χ1n) is 6.45. The van der Waals surface area contributed by atoms with Crippen LogP contribution in [0, 0.1) is 13.8 Å². The first-order chi connectivity index (χ1) is 9.60. The number of aryl methyl sites for hydroxylation is 2. The SMILES string of the molecule is CCOC(=O)[C@@](N)(CNc1cc(C)cc(C)c1)C(F)(F)F. The number of esters is 1. The van der Waals surface area contributed by atoms with Gasteiger partial charge in [0.1, 0.15) is 0 Å². The number of carbonyl (C=O) groups excluding carboxylic acids is 1. The molecule has 118 valence electrons. The maximum atomic E-state index is 13.1. The van der Waals surface area contributed by atoms with E-state index < -0.39 is 24.2 Å². The minimum absolute atomic E-state index is 0.169. The third-order valence-electron chi connectivity index (χ3n) is 2.94. The van der Waals surface area contributed by atoms with Crippen molar-refractivity contribution in [1.29, 1.82) is 0 Å². The van der Waals surface area contributed by atoms with Gasteiger partial charge in [-0.1, -0.05) is 6.07 Å². The quantitative estimate of drug-likeness (QED) is 0.821. The molecule has 0 aromatic heterocycles. The molecule has 7 heteroatoms. The van der Waals surface area contributed by atoms with Crippen LogP contribution >= 0.6 is 0 Å². The highest BCUT2D eigenvalue weighted by Crippen LogP contribution is 2.30. The Morgan fingerprint density at radius 1 is 1.24 bits per heavy atom. The van der Waals surface area contributed by atoms with Gasteiger partial charge in [0, 0.05) is 5.69 Å². The molecule has 0 aliphatic carbocycles. The molecule has 3 N–H and O–H groups in total. The fourth-order valence-electron chi connectivity index (χ4n) is 1.87. The van der Waals surface area contributed by atoms with Crippen molar-refractivity contribution >= 4 is 11.7 Å². The summed E-state index contributed by atoms with van der Waals surface area (Å²) in [5.41, 5.74) is 4.44. The largest absolute Gasteiger partial charge is 0.464 e. The minimum atomic E-state index is -4.91. The predicted octanol–water partition coefficient (Wildman–Crippen LogP) is 2.54. The van der Waals surface area contributed by atoms with E-state index in [1.54, 1.807) is 12.1 Å². The Kier molecular flexibility index (Phi) is 5.22. The smallest absolute Gasteiger partial charge is 0.418 e. The first-order valence-corrected chi connectivity index (χ1v) is 6.45. The molecule has 0 bridgehead atoms. The molecule has 1 aromatic carbocycles. The van der Waals surface area contributed by atoms with Crippen molar-refractivity contribution in [3.63, 3.8) is 0 Å². The van der Waals surface area contributed by atoms with Crippen molar-refractivity contribution in [1.82, 2.24) is 0 Å². The van der Waals surface area contributed by atoms with E-state index in [-0.39, 0.29) is 6.61 Å². The molecule has 0 saturated carbocycles. The van der Waals surface area contributed by atoms with Crippen molar-refractivity contribution in [2.24, 2.45) is 5.73 Å². The van der Waals surface area contributed by atoms with Gasteiger partial charge in [-0.25, -0.2) is 4.79 Å². The number of nitrogens with one attached hydrogen (secondary N) is 1. The molecule has 1 aromatic rings. The highest BCUT2D eigenvalue weighted by Gasteiger charge is 2.58. The van der Waals surface area contributed by atoms with Crippen LogP contribution in [-0.4, -0.2) is 30.8 Å². The molecular formula is C14H19F3N2O2. The van der Waals surface area contributed by atoms with Gasteiger partial charge in [0.15, 0.2) is 0 Å². The van der Waals surface area contributed by atoms with Crippen LogP contribution in [0.1, 0.15) is 18.1 Å². The molecule has 1 atom stereocenters. The Morgan fingerprint density at radius 3 is 2.19 bits per heavy atom. The van der Waals surface area contributed by atoms with Gasteiger partial charge in [-0.05, 0) is 44.0 Å². The fraction of sp³-hybridized carbons (Fsp3) is 0.500. The number of rotatable bonds is 5. The number of carbonyl (C=O) groups is 1. The molecule has 1 rings (SSSR count). The van der Waals surface area contributed by atoms with Gasteiger partial charge in [0.2, 0.25) is 5.54 Å². The lowest BCUT2D eigenvalue weighted by Crippen LogP contribution is -2.64. The van der Waals surface area contributed by atoms with E-state index in [4.69, 9.17) is 5.73 Å². The molecule has 0 saturated heterocycles. The summed E-state index contributed by atoms with van der Waals surface area (Å²) in [4.78, 5) is 11.6. The lowest BCUT2D eigenvalue weighted by atomic mass is 10.00. The zero-order chi connectivity index (χ0) is 16.3. The van der Waals surface area contributed by atoms with Crippen molar-refractivity contribution in [2.45, 2.75) is 32.5 Å². The topological polar surface area (TPSA) is 64.3 Å². The molecule has 4 nitrogen and oxygen atoms in total. The molecule has 0 fully saturated rings. The monoisotopic (exact) mass is 304 g/mol. The van der Waals surface area contributed by atoms with E-state index in [9.17, 15) is 18.0 Å². The van der Waals surface area contributed by atoms with Crippen molar-refractivity contribution in [3.05, 3.63) is 29.3 Å². The summed E-state index contributed by atoms with van der Waals surface area (Å²) in [6.07, 6.45) is -4.91. The third kappa shape index (κ3) is 4.10. The summed E-state index contributed by atoms with van der Waals surface area (Å²) < 4.78 is 43.7. The molecule has 0 aliphatic heterocycles. The molecular weight excluding hydrogens is 285 g/mol. The predicted molar refractivity (Wildman–Crippen MR) is 74.0 cm³/mol. The van der Waals surface area contributed by atoms with Crippen LogP contribution in [0.4, 0.5) is 18.9 Å². The van der Waals surface area contributed by atoms with Crippen LogP contribution in [0.2, 0.25) is 0 Å². The Bertz CT molecular complexity index is 497. The van der Waals surface area contributed by atoms with E-state index in [0.29, 0.717) is 5.69 Å². The van der Waals surface area contributed by atoms with Crippen molar-refractivity contribution in [3.8, 4) is 0 Å². The van der Waals surface area contributed by atoms with Crippen LogP contribution in [-0.2, 0) is 9.53 Å². The van der Waals surface area contributed by atoms with Crippen LogP contribution in [0.25, 0.3) is 0 Å². The molecule has 0 spiro atoms. The van der Waals surface area contributed by atoms with Gasteiger partial charge in [0.05, 0.1) is 13.2 Å². The summed E-state index contributed by atoms with van der Waals surface area (Å²) in [5, 5.41) is 2.57. The Hall–Kier alpha value is -1.76. The van der Waals surface area contributed by atoms with Crippen LogP contribution < -0.4 is 11.1 Å². The highest BCUT2D eigenvalue weighted by molar-refractivity contribution is 5.82. The average Bonchev–Trinajstić information content (AvgIpc) is 2.33. The maximum absolute atomic E-state index is 13.1. The lowest BCUT2D eigenvalue weighted by molar-refractivity contribution is -0.202. The van der Waals surface area contributed by atoms with Gasteiger partial charge >= 0.3 is 12.1 Å². The number of ether oxygens (including phenoxy) is 1. The second-order valence-corrected chi connectivity index (χ2v) is 4.92. The van der Waals surface area contributed by atoms with Crippen LogP contribution in [0.5, 0.6) is 0 Å². The normalized spacial score (nSPS) is 14.4. The number of nitrogens with two attached hydrogens (primary N) is 1. The van der Waals surface area contributed by atoms with Crippen LogP contribution in [0.15, 0.2) is 18.2 Å². The maximum Gasteiger partial charge on any atom is 0.418 e. The van der Waals surface area contributed by atoms with Crippen LogP contribution in [0.3, 0.4) is 0 Å². The molecule has 0 unspecified atom stereocenters. The van der Waals surface area contributed by atoms with E-state index >= 15 is 0 Å².